The molecule has 21 heavy (non-hydrogen) atoms. The van der Waals surface area contributed by atoms with Gasteiger partial charge in [0.2, 0.25) is 0 Å². The van der Waals surface area contributed by atoms with Gasteiger partial charge in [-0.15, -0.1) is 0 Å². The number of hydrogen-bond acceptors (Lipinski definition) is 4. The Balaban J connectivity index is 2.39. The predicted octanol–water partition coefficient (Wildman–Crippen LogP) is 2.98. The SMILES string of the molecule is COc1ccc(Br)c(C2CC(C(=O)O)CN2)c1OC(C)C. The molecule has 0 aliphatic carbocycles. The van der Waals surface area contributed by atoms with Gasteiger partial charge in [-0.3, -0.25) is 4.79 Å². The van der Waals surface area contributed by atoms with Gasteiger partial charge in [-0.25, -0.2) is 0 Å². The molecule has 1 aliphatic rings. The molecule has 0 bridgehead atoms. The van der Waals surface area contributed by atoms with Crippen LogP contribution in [0.4, 0.5) is 0 Å². The average Bonchev–Trinajstić information content (AvgIpc) is 2.88. The molecule has 116 valence electrons. The maximum atomic E-state index is 11.1. The van der Waals surface area contributed by atoms with Crippen LogP contribution >= 0.6 is 15.9 Å². The van der Waals surface area contributed by atoms with Gasteiger partial charge in [0.15, 0.2) is 11.5 Å². The molecule has 1 fully saturated rings. The number of carbonyl (C=O) groups is 1. The van der Waals surface area contributed by atoms with Crippen LogP contribution in [0, 0.1) is 5.92 Å². The van der Waals surface area contributed by atoms with Crippen molar-refractivity contribution in [1.82, 2.24) is 5.32 Å². The number of carboxylic acids is 1. The third-order valence-corrected chi connectivity index (χ3v) is 4.20. The molecular formula is C15H20BrNO4. The van der Waals surface area contributed by atoms with E-state index in [2.05, 4.69) is 21.2 Å². The molecule has 0 aromatic heterocycles. The van der Waals surface area contributed by atoms with Gasteiger partial charge >= 0.3 is 5.97 Å². The maximum absolute atomic E-state index is 11.1. The summed E-state index contributed by atoms with van der Waals surface area (Å²) in [6, 6.07) is 3.68. The summed E-state index contributed by atoms with van der Waals surface area (Å²) in [5, 5.41) is 12.4. The van der Waals surface area contributed by atoms with Crippen LogP contribution in [-0.4, -0.2) is 30.8 Å². The van der Waals surface area contributed by atoms with Crippen molar-refractivity contribution in [3.8, 4) is 11.5 Å². The lowest BCUT2D eigenvalue weighted by Gasteiger charge is -2.22. The molecule has 1 aromatic rings. The molecule has 5 nitrogen and oxygen atoms in total. The predicted molar refractivity (Wildman–Crippen MR) is 82.9 cm³/mol. The average molecular weight is 358 g/mol. The molecule has 2 rings (SSSR count). The third-order valence-electron chi connectivity index (χ3n) is 3.51. The Hall–Kier alpha value is -1.27. The Kier molecular flexibility index (Phi) is 5.11. The van der Waals surface area contributed by atoms with Gasteiger partial charge in [0.1, 0.15) is 0 Å². The minimum Gasteiger partial charge on any atom is -0.493 e. The number of halogens is 1. The lowest BCUT2D eigenvalue weighted by Crippen LogP contribution is -2.18. The van der Waals surface area contributed by atoms with Crippen LogP contribution in [0.1, 0.15) is 31.9 Å². The van der Waals surface area contributed by atoms with Crippen LogP contribution in [-0.2, 0) is 4.79 Å². The van der Waals surface area contributed by atoms with E-state index in [1.807, 2.05) is 26.0 Å². The van der Waals surface area contributed by atoms with Crippen LogP contribution in [0.5, 0.6) is 11.5 Å². The standard InChI is InChI=1S/C15H20BrNO4/c1-8(2)21-14-12(20-3)5-4-10(16)13(14)11-6-9(7-17-11)15(18)19/h4-5,8-9,11,17H,6-7H2,1-3H3,(H,18,19). The van der Waals surface area contributed by atoms with Crippen LogP contribution in [0.25, 0.3) is 0 Å². The molecule has 2 N–H and O–H groups in total. The Morgan fingerprint density at radius 1 is 1.48 bits per heavy atom. The zero-order chi connectivity index (χ0) is 15.6. The molecule has 6 heteroatoms. The molecule has 1 saturated heterocycles. The fraction of sp³-hybridized carbons (Fsp3) is 0.533. The van der Waals surface area contributed by atoms with Gasteiger partial charge < -0.3 is 19.9 Å². The first-order valence-electron chi connectivity index (χ1n) is 6.93. The molecule has 2 atom stereocenters. The third kappa shape index (κ3) is 3.49. The normalized spacial score (nSPS) is 21.6. The van der Waals surface area contributed by atoms with E-state index >= 15 is 0 Å². The fourth-order valence-corrected chi connectivity index (χ4v) is 3.13. The highest BCUT2D eigenvalue weighted by Gasteiger charge is 2.34. The van der Waals surface area contributed by atoms with E-state index in [4.69, 9.17) is 14.6 Å². The van der Waals surface area contributed by atoms with Crippen molar-refractivity contribution in [1.29, 1.82) is 0 Å². The van der Waals surface area contributed by atoms with Gasteiger partial charge in [-0.2, -0.15) is 0 Å². The van der Waals surface area contributed by atoms with Crippen LogP contribution < -0.4 is 14.8 Å². The second-order valence-electron chi connectivity index (χ2n) is 5.39. The van der Waals surface area contributed by atoms with Crippen molar-refractivity contribution in [2.75, 3.05) is 13.7 Å². The quantitative estimate of drug-likeness (QED) is 0.847. The Morgan fingerprint density at radius 2 is 2.19 bits per heavy atom. The summed E-state index contributed by atoms with van der Waals surface area (Å²) in [6.45, 7) is 4.36. The fourth-order valence-electron chi connectivity index (χ4n) is 2.54. The highest BCUT2D eigenvalue weighted by molar-refractivity contribution is 9.10. The molecule has 1 aromatic carbocycles. The lowest BCUT2D eigenvalue weighted by molar-refractivity contribution is -0.141. The minimum atomic E-state index is -0.768. The van der Waals surface area contributed by atoms with E-state index in [1.54, 1.807) is 7.11 Å². The number of nitrogens with one attached hydrogen (secondary N) is 1. The number of aliphatic carboxylic acids is 1. The van der Waals surface area contributed by atoms with Crippen LogP contribution in [0.15, 0.2) is 16.6 Å². The first-order valence-corrected chi connectivity index (χ1v) is 7.72. The minimum absolute atomic E-state index is 0.00336. The van der Waals surface area contributed by atoms with Gasteiger partial charge in [0.05, 0.1) is 19.1 Å². The zero-order valence-corrected chi connectivity index (χ0v) is 13.9. The molecule has 2 unspecified atom stereocenters. The molecule has 0 radical (unpaired) electrons. The van der Waals surface area contributed by atoms with Crippen molar-refractivity contribution in [2.24, 2.45) is 5.92 Å². The molecular weight excluding hydrogens is 338 g/mol. The maximum Gasteiger partial charge on any atom is 0.307 e. The molecule has 1 aliphatic heterocycles. The van der Waals surface area contributed by atoms with Crippen molar-refractivity contribution in [2.45, 2.75) is 32.4 Å². The van der Waals surface area contributed by atoms with Gasteiger partial charge in [0, 0.05) is 22.6 Å². The summed E-state index contributed by atoms with van der Waals surface area (Å²) in [4.78, 5) is 11.1. The summed E-state index contributed by atoms with van der Waals surface area (Å²) in [7, 11) is 1.60. The number of methoxy groups -OCH3 is 1. The van der Waals surface area contributed by atoms with Gasteiger partial charge in [0.25, 0.3) is 0 Å². The highest BCUT2D eigenvalue weighted by atomic mass is 79.9. The van der Waals surface area contributed by atoms with Crippen LogP contribution in [0.3, 0.4) is 0 Å². The number of rotatable bonds is 5. The van der Waals surface area contributed by atoms with Crippen molar-refractivity contribution >= 4 is 21.9 Å². The monoisotopic (exact) mass is 357 g/mol. The molecule has 0 saturated carbocycles. The van der Waals surface area contributed by atoms with Crippen molar-refractivity contribution in [3.05, 3.63) is 22.2 Å². The second kappa shape index (κ2) is 6.66. The first-order chi connectivity index (χ1) is 9.93. The topological polar surface area (TPSA) is 67.8 Å². The van der Waals surface area contributed by atoms with Gasteiger partial charge in [-0.05, 0) is 32.4 Å². The Labute approximate surface area is 132 Å². The molecule has 0 amide bonds. The van der Waals surface area contributed by atoms with E-state index in [9.17, 15) is 4.79 Å². The lowest BCUT2D eigenvalue weighted by atomic mass is 9.99. The smallest absolute Gasteiger partial charge is 0.307 e. The van der Waals surface area contributed by atoms with E-state index in [-0.39, 0.29) is 18.1 Å². The summed E-state index contributed by atoms with van der Waals surface area (Å²) < 4.78 is 12.2. The van der Waals surface area contributed by atoms with Crippen molar-refractivity contribution < 1.29 is 19.4 Å². The Morgan fingerprint density at radius 3 is 2.71 bits per heavy atom. The summed E-state index contributed by atoms with van der Waals surface area (Å²) in [6.07, 6.45) is 0.541. The molecule has 1 heterocycles. The second-order valence-corrected chi connectivity index (χ2v) is 6.25. The summed E-state index contributed by atoms with van der Waals surface area (Å²) in [5.74, 6) is 0.184. The molecule has 0 spiro atoms. The number of benzene rings is 1. The number of ether oxygens (including phenoxy) is 2. The van der Waals surface area contributed by atoms with Gasteiger partial charge in [-0.1, -0.05) is 15.9 Å². The van der Waals surface area contributed by atoms with E-state index < -0.39 is 5.97 Å². The van der Waals surface area contributed by atoms with E-state index in [0.717, 1.165) is 10.0 Å². The van der Waals surface area contributed by atoms with Crippen LogP contribution in [0.2, 0.25) is 0 Å². The van der Waals surface area contributed by atoms with E-state index in [1.165, 1.54) is 0 Å². The summed E-state index contributed by atoms with van der Waals surface area (Å²) >= 11 is 3.54. The highest BCUT2D eigenvalue weighted by Crippen LogP contribution is 2.43. The summed E-state index contributed by atoms with van der Waals surface area (Å²) in [5.41, 5.74) is 0.923. The largest absolute Gasteiger partial charge is 0.493 e. The number of hydrogen-bond donors (Lipinski definition) is 2. The number of carboxylic acid groups (broad SMARTS) is 1. The Bertz CT molecular complexity index is 533. The zero-order valence-electron chi connectivity index (χ0n) is 12.4. The van der Waals surface area contributed by atoms with E-state index in [0.29, 0.717) is 24.5 Å². The van der Waals surface area contributed by atoms with Crippen molar-refractivity contribution in [3.63, 3.8) is 0 Å². The first kappa shape index (κ1) is 16.1.